The summed E-state index contributed by atoms with van der Waals surface area (Å²) in [4.78, 5) is 17.4. The fraction of sp³-hybridized carbons (Fsp3) is 0.905. The van der Waals surface area contributed by atoms with Crippen LogP contribution in [0.1, 0.15) is 96.8 Å². The van der Waals surface area contributed by atoms with E-state index < -0.39 is 20.5 Å². The minimum absolute atomic E-state index is 0.00726. The number of phosphoric ester groups is 1. The molecule has 0 amide bonds. The average molecular weight is 423 g/mol. The Kier molecular flexibility index (Phi) is 19.9. The monoisotopic (exact) mass is 422 g/mol. The van der Waals surface area contributed by atoms with E-state index in [2.05, 4.69) is 23.6 Å². The smallest absolute Gasteiger partial charge is 0.394 e. The average Bonchev–Trinajstić information content (AvgIpc) is 2.65. The van der Waals surface area contributed by atoms with Crippen LogP contribution in [-0.4, -0.2) is 40.8 Å². The Balaban J connectivity index is 3.29. The Hall–Kier alpha value is -0.230. The Labute approximate surface area is 172 Å². The second kappa shape index (κ2) is 20.1. The molecule has 3 N–H and O–H groups in total. The van der Waals surface area contributed by atoms with E-state index in [1.165, 1.54) is 77.0 Å². The lowest BCUT2D eigenvalue weighted by molar-refractivity contribution is 0.00414. The first kappa shape index (κ1) is 27.8. The molecule has 0 aromatic rings. The van der Waals surface area contributed by atoms with Gasteiger partial charge in [0.05, 0.1) is 13.2 Å². The van der Waals surface area contributed by atoms with Gasteiger partial charge in [0.1, 0.15) is 6.10 Å². The normalized spacial score (nSPS) is 13.4. The van der Waals surface area contributed by atoms with Gasteiger partial charge in [-0.2, -0.15) is 0 Å². The molecule has 0 heterocycles. The van der Waals surface area contributed by atoms with Gasteiger partial charge in [-0.15, -0.1) is 0 Å². The second-order valence-corrected chi connectivity index (χ2v) is 8.61. The molecule has 0 aliphatic carbocycles. The highest BCUT2D eigenvalue weighted by molar-refractivity contribution is 7.46. The number of unbranched alkanes of at least 4 members (excludes halogenated alkanes) is 12. The molecule has 0 aliphatic heterocycles. The van der Waals surface area contributed by atoms with Crippen molar-refractivity contribution < 1.29 is 28.7 Å². The van der Waals surface area contributed by atoms with Gasteiger partial charge in [-0.1, -0.05) is 76.9 Å². The lowest BCUT2D eigenvalue weighted by Crippen LogP contribution is -2.23. The molecule has 6 nitrogen and oxygen atoms in total. The summed E-state index contributed by atoms with van der Waals surface area (Å²) < 4.78 is 20.4. The van der Waals surface area contributed by atoms with Gasteiger partial charge in [0.25, 0.3) is 0 Å². The van der Waals surface area contributed by atoms with Crippen LogP contribution < -0.4 is 0 Å². The summed E-state index contributed by atoms with van der Waals surface area (Å²) in [6.45, 7) is 2.29. The van der Waals surface area contributed by atoms with Crippen molar-refractivity contribution in [1.82, 2.24) is 0 Å². The maximum atomic E-state index is 10.7. The van der Waals surface area contributed by atoms with Crippen molar-refractivity contribution in [2.24, 2.45) is 0 Å². The third kappa shape index (κ3) is 22.1. The predicted molar refractivity (Wildman–Crippen MR) is 114 cm³/mol. The lowest BCUT2D eigenvalue weighted by atomic mass is 10.1. The fourth-order valence-corrected chi connectivity index (χ4v) is 3.49. The summed E-state index contributed by atoms with van der Waals surface area (Å²) >= 11 is 0. The minimum atomic E-state index is -4.58. The second-order valence-electron chi connectivity index (χ2n) is 7.41. The molecule has 0 saturated carbocycles. The molecule has 168 valence electrons. The molecular weight excluding hydrogens is 379 g/mol. The van der Waals surface area contributed by atoms with Crippen LogP contribution in [0.5, 0.6) is 0 Å². The van der Waals surface area contributed by atoms with Crippen molar-refractivity contribution in [2.45, 2.75) is 103 Å². The zero-order valence-corrected chi connectivity index (χ0v) is 18.7. The first-order chi connectivity index (χ1) is 13.5. The van der Waals surface area contributed by atoms with Crippen LogP contribution in [0.15, 0.2) is 12.2 Å². The highest BCUT2D eigenvalue weighted by Gasteiger charge is 2.21. The van der Waals surface area contributed by atoms with Gasteiger partial charge >= 0.3 is 7.82 Å². The van der Waals surface area contributed by atoms with E-state index >= 15 is 0 Å². The van der Waals surface area contributed by atoms with Gasteiger partial charge in [0.2, 0.25) is 0 Å². The molecule has 28 heavy (non-hydrogen) atoms. The molecule has 0 unspecified atom stereocenters. The number of hydrogen-bond donors (Lipinski definition) is 3. The number of aliphatic hydroxyl groups excluding tert-OH is 1. The summed E-state index contributed by atoms with van der Waals surface area (Å²) in [5.41, 5.74) is 0. The molecule has 0 aliphatic rings. The molecule has 7 heteroatoms. The van der Waals surface area contributed by atoms with Crippen molar-refractivity contribution in [3.05, 3.63) is 12.2 Å². The van der Waals surface area contributed by atoms with E-state index in [9.17, 15) is 4.57 Å². The third-order valence-corrected chi connectivity index (χ3v) is 5.17. The van der Waals surface area contributed by atoms with E-state index in [-0.39, 0.29) is 6.61 Å². The summed E-state index contributed by atoms with van der Waals surface area (Å²) in [5, 5.41) is 8.98. The van der Waals surface area contributed by atoms with Crippen LogP contribution >= 0.6 is 7.82 Å². The van der Waals surface area contributed by atoms with Gasteiger partial charge < -0.3 is 19.6 Å². The molecule has 0 aromatic carbocycles. The van der Waals surface area contributed by atoms with Crippen LogP contribution in [0.25, 0.3) is 0 Å². The highest BCUT2D eigenvalue weighted by atomic mass is 31.2. The molecule has 0 bridgehead atoms. The molecule has 0 saturated heterocycles. The maximum absolute atomic E-state index is 10.7. The summed E-state index contributed by atoms with van der Waals surface area (Å²) in [6.07, 6.45) is 21.2. The van der Waals surface area contributed by atoms with E-state index in [0.717, 1.165) is 12.8 Å². The standard InChI is InChI=1S/C21H43O6P/c1-2-3-4-5-6-7-8-9-10-11-12-13-14-15-16-17-18-26-20-21(19-22)27-28(23,24)25/h9-10,21-22H,2-8,11-20H2,1H3,(H2,23,24,25)/b10-9-/t21-/m0/s1. The molecule has 0 aromatic heterocycles. The van der Waals surface area contributed by atoms with Gasteiger partial charge in [-0.25, -0.2) is 4.57 Å². The predicted octanol–water partition coefficient (Wildman–Crippen LogP) is 5.51. The Morgan fingerprint density at radius 1 is 0.821 bits per heavy atom. The number of allylic oxidation sites excluding steroid dienone is 2. The van der Waals surface area contributed by atoms with Gasteiger partial charge in [-0.3, -0.25) is 4.52 Å². The maximum Gasteiger partial charge on any atom is 0.470 e. The topological polar surface area (TPSA) is 96.2 Å². The summed E-state index contributed by atoms with van der Waals surface area (Å²) in [7, 11) is -4.58. The Morgan fingerprint density at radius 3 is 1.82 bits per heavy atom. The van der Waals surface area contributed by atoms with Crippen molar-refractivity contribution in [3.63, 3.8) is 0 Å². The number of aliphatic hydroxyl groups is 1. The number of hydrogen-bond acceptors (Lipinski definition) is 4. The molecule has 1 atom stereocenters. The summed E-state index contributed by atoms with van der Waals surface area (Å²) in [6, 6.07) is 0. The van der Waals surface area contributed by atoms with Crippen LogP contribution in [0, 0.1) is 0 Å². The first-order valence-corrected chi connectivity index (χ1v) is 12.6. The van der Waals surface area contributed by atoms with Crippen LogP contribution in [0.4, 0.5) is 0 Å². The van der Waals surface area contributed by atoms with Gasteiger partial charge in [0, 0.05) is 6.61 Å². The molecular formula is C21H43O6P. The van der Waals surface area contributed by atoms with E-state index in [4.69, 9.17) is 19.6 Å². The van der Waals surface area contributed by atoms with E-state index in [1.54, 1.807) is 0 Å². The molecule has 0 fully saturated rings. The Morgan fingerprint density at radius 2 is 1.32 bits per heavy atom. The van der Waals surface area contributed by atoms with Crippen molar-refractivity contribution >= 4 is 7.82 Å². The van der Waals surface area contributed by atoms with E-state index in [0.29, 0.717) is 6.61 Å². The Bertz CT molecular complexity index is 396. The lowest BCUT2D eigenvalue weighted by Gasteiger charge is -2.15. The number of rotatable bonds is 21. The fourth-order valence-electron chi connectivity index (χ4n) is 2.98. The minimum Gasteiger partial charge on any atom is -0.394 e. The quantitative estimate of drug-likeness (QED) is 0.128. The number of phosphoric acid groups is 1. The zero-order valence-electron chi connectivity index (χ0n) is 17.8. The number of ether oxygens (including phenoxy) is 1. The van der Waals surface area contributed by atoms with E-state index in [1.807, 2.05) is 0 Å². The highest BCUT2D eigenvalue weighted by Crippen LogP contribution is 2.37. The van der Waals surface area contributed by atoms with Crippen LogP contribution in [0.3, 0.4) is 0 Å². The third-order valence-electron chi connectivity index (χ3n) is 4.59. The van der Waals surface area contributed by atoms with Crippen LogP contribution in [0.2, 0.25) is 0 Å². The summed E-state index contributed by atoms with van der Waals surface area (Å²) in [5.74, 6) is 0. The SMILES string of the molecule is CCCCCCCC/C=C\CCCCCCCCOC[C@H](CO)OP(=O)(O)O. The van der Waals surface area contributed by atoms with Crippen molar-refractivity contribution in [3.8, 4) is 0 Å². The van der Waals surface area contributed by atoms with Gasteiger partial charge in [-0.05, 0) is 32.1 Å². The van der Waals surface area contributed by atoms with Crippen molar-refractivity contribution in [2.75, 3.05) is 19.8 Å². The molecule has 0 rings (SSSR count). The largest absolute Gasteiger partial charge is 0.470 e. The van der Waals surface area contributed by atoms with Gasteiger partial charge in [0.15, 0.2) is 0 Å². The molecule has 0 radical (unpaired) electrons. The zero-order chi connectivity index (χ0) is 20.9. The molecule has 0 spiro atoms. The van der Waals surface area contributed by atoms with Crippen molar-refractivity contribution in [1.29, 1.82) is 0 Å². The van der Waals surface area contributed by atoms with Crippen LogP contribution in [-0.2, 0) is 13.8 Å². The first-order valence-electron chi connectivity index (χ1n) is 11.1.